The molecule has 0 aliphatic carbocycles. The van der Waals surface area contributed by atoms with Gasteiger partial charge in [-0.2, -0.15) is 4.98 Å². The van der Waals surface area contributed by atoms with Gasteiger partial charge in [0.15, 0.2) is 5.69 Å². The molecule has 0 fully saturated rings. The molecule has 0 aromatic carbocycles. The van der Waals surface area contributed by atoms with E-state index in [2.05, 4.69) is 20.1 Å². The van der Waals surface area contributed by atoms with Crippen molar-refractivity contribution >= 4 is 5.91 Å². The molecular weight excluding hydrogens is 260 g/mol. The normalized spacial score (nSPS) is 11.6. The van der Waals surface area contributed by atoms with Gasteiger partial charge in [0.05, 0.1) is 11.9 Å². The zero-order chi connectivity index (χ0) is 14.9. The number of amides is 1. The summed E-state index contributed by atoms with van der Waals surface area (Å²) in [5.41, 5.74) is 11.1. The Kier molecular flexibility index (Phi) is 3.49. The van der Waals surface area contributed by atoms with E-state index in [1.54, 1.807) is 0 Å². The van der Waals surface area contributed by atoms with Crippen LogP contribution in [0.2, 0.25) is 0 Å². The minimum Gasteiger partial charge on any atom is -0.364 e. The van der Waals surface area contributed by atoms with E-state index in [4.69, 9.17) is 16.0 Å². The van der Waals surface area contributed by atoms with E-state index >= 15 is 0 Å². The minimum absolute atomic E-state index is 0.0205. The highest BCUT2D eigenvalue weighted by molar-refractivity contribution is 5.92. The van der Waals surface area contributed by atoms with Crippen LogP contribution in [0, 0.1) is 0 Å². The van der Waals surface area contributed by atoms with Crippen LogP contribution in [0.5, 0.6) is 0 Å². The fourth-order valence-corrected chi connectivity index (χ4v) is 1.50. The van der Waals surface area contributed by atoms with E-state index in [0.717, 1.165) is 0 Å². The first-order valence-electron chi connectivity index (χ1n) is 6.03. The first kappa shape index (κ1) is 14.1. The molecule has 0 saturated carbocycles. The highest BCUT2D eigenvalue weighted by atomic mass is 16.5. The molecule has 4 N–H and O–H groups in total. The summed E-state index contributed by atoms with van der Waals surface area (Å²) >= 11 is 0. The highest BCUT2D eigenvalue weighted by Gasteiger charge is 2.23. The van der Waals surface area contributed by atoms with E-state index in [1.807, 2.05) is 20.8 Å². The van der Waals surface area contributed by atoms with Crippen molar-refractivity contribution in [2.45, 2.75) is 32.7 Å². The maximum Gasteiger partial charge on any atom is 0.269 e. The van der Waals surface area contributed by atoms with Gasteiger partial charge in [-0.25, -0.2) is 4.98 Å². The number of primary amides is 1. The predicted octanol–water partition coefficient (Wildman–Crippen LogP) is 0.382. The van der Waals surface area contributed by atoms with Crippen LogP contribution in [-0.2, 0) is 12.0 Å². The predicted molar refractivity (Wildman–Crippen MR) is 70.4 cm³/mol. The van der Waals surface area contributed by atoms with Gasteiger partial charge >= 0.3 is 0 Å². The van der Waals surface area contributed by atoms with E-state index in [0.29, 0.717) is 17.3 Å². The second kappa shape index (κ2) is 4.97. The zero-order valence-corrected chi connectivity index (χ0v) is 11.5. The van der Waals surface area contributed by atoms with Crippen LogP contribution >= 0.6 is 0 Å². The van der Waals surface area contributed by atoms with Crippen LogP contribution < -0.4 is 11.5 Å². The summed E-state index contributed by atoms with van der Waals surface area (Å²) < 4.78 is 5.17. The fourth-order valence-electron chi connectivity index (χ4n) is 1.50. The van der Waals surface area contributed by atoms with E-state index < -0.39 is 5.91 Å². The van der Waals surface area contributed by atoms with Gasteiger partial charge in [0.1, 0.15) is 5.69 Å². The van der Waals surface area contributed by atoms with Gasteiger partial charge in [-0.05, 0) is 0 Å². The molecule has 2 rings (SSSR count). The van der Waals surface area contributed by atoms with Crippen LogP contribution in [0.1, 0.15) is 42.8 Å². The summed E-state index contributed by atoms with van der Waals surface area (Å²) in [7, 11) is 0. The van der Waals surface area contributed by atoms with Crippen LogP contribution in [0.25, 0.3) is 11.5 Å². The van der Waals surface area contributed by atoms with Crippen molar-refractivity contribution in [2.75, 3.05) is 0 Å². The average molecular weight is 276 g/mol. The molecule has 8 nitrogen and oxygen atoms in total. The standard InChI is InChI=1S/C12H16N6O2/c1-12(2,3)11-17-10(18-20-11)7-5-15-6(4-13)8(16-7)9(14)19/h5H,4,13H2,1-3H3,(H2,14,19). The molecule has 2 aromatic heterocycles. The van der Waals surface area contributed by atoms with Crippen molar-refractivity contribution < 1.29 is 9.32 Å². The quantitative estimate of drug-likeness (QED) is 0.827. The Labute approximate surface area is 115 Å². The summed E-state index contributed by atoms with van der Waals surface area (Å²) in [6, 6.07) is 0. The lowest BCUT2D eigenvalue weighted by molar-refractivity contribution is 0.0994. The summed E-state index contributed by atoms with van der Waals surface area (Å²) in [5.74, 6) is 0.0330. The zero-order valence-electron chi connectivity index (χ0n) is 11.5. The van der Waals surface area contributed by atoms with E-state index in [1.165, 1.54) is 6.20 Å². The van der Waals surface area contributed by atoms with Crippen LogP contribution in [0.15, 0.2) is 10.7 Å². The molecule has 0 radical (unpaired) electrons. The van der Waals surface area contributed by atoms with E-state index in [9.17, 15) is 4.79 Å². The van der Waals surface area contributed by atoms with Crippen molar-refractivity contribution in [1.29, 1.82) is 0 Å². The molecule has 20 heavy (non-hydrogen) atoms. The van der Waals surface area contributed by atoms with Gasteiger partial charge in [-0.3, -0.25) is 9.78 Å². The molecule has 0 atom stereocenters. The smallest absolute Gasteiger partial charge is 0.269 e. The molecule has 0 unspecified atom stereocenters. The van der Waals surface area contributed by atoms with Crippen molar-refractivity contribution in [3.63, 3.8) is 0 Å². The minimum atomic E-state index is -0.695. The molecule has 8 heteroatoms. The SMILES string of the molecule is CC(C)(C)c1nc(-c2cnc(CN)c(C(N)=O)n2)no1. The number of aromatic nitrogens is 4. The second-order valence-electron chi connectivity index (χ2n) is 5.29. The average Bonchev–Trinajstić information content (AvgIpc) is 2.87. The van der Waals surface area contributed by atoms with Crippen LogP contribution in [0.4, 0.5) is 0 Å². The van der Waals surface area contributed by atoms with Gasteiger partial charge in [0, 0.05) is 12.0 Å². The number of nitrogens with two attached hydrogens (primary N) is 2. The monoisotopic (exact) mass is 276 g/mol. The molecule has 1 amide bonds. The molecule has 2 heterocycles. The number of hydrogen-bond acceptors (Lipinski definition) is 7. The van der Waals surface area contributed by atoms with Gasteiger partial charge in [-0.15, -0.1) is 0 Å². The molecule has 106 valence electrons. The summed E-state index contributed by atoms with van der Waals surface area (Å²) in [6.45, 7) is 5.91. The van der Waals surface area contributed by atoms with Gasteiger partial charge < -0.3 is 16.0 Å². The molecule has 0 aliphatic rings. The largest absolute Gasteiger partial charge is 0.364 e. The van der Waals surface area contributed by atoms with Gasteiger partial charge in [-0.1, -0.05) is 25.9 Å². The lowest BCUT2D eigenvalue weighted by Crippen LogP contribution is -2.19. The summed E-state index contributed by atoms with van der Waals surface area (Å²) in [6.07, 6.45) is 1.44. The number of rotatable bonds is 3. The molecule has 2 aromatic rings. The Morgan fingerprint density at radius 1 is 1.35 bits per heavy atom. The molecular formula is C12H16N6O2. The third-order valence-corrected chi connectivity index (χ3v) is 2.57. The second-order valence-corrected chi connectivity index (χ2v) is 5.29. The fraction of sp³-hybridized carbons (Fsp3) is 0.417. The number of carbonyl (C=O) groups is 1. The van der Waals surface area contributed by atoms with E-state index in [-0.39, 0.29) is 23.5 Å². The topological polar surface area (TPSA) is 134 Å². The number of nitrogens with zero attached hydrogens (tertiary/aromatic N) is 4. The molecule has 0 bridgehead atoms. The third-order valence-electron chi connectivity index (χ3n) is 2.57. The highest BCUT2D eigenvalue weighted by Crippen LogP contribution is 2.22. The van der Waals surface area contributed by atoms with Crippen molar-refractivity contribution in [2.24, 2.45) is 11.5 Å². The Morgan fingerprint density at radius 3 is 2.55 bits per heavy atom. The molecule has 0 aliphatic heterocycles. The Hall–Kier alpha value is -2.35. The van der Waals surface area contributed by atoms with Crippen LogP contribution in [0.3, 0.4) is 0 Å². The van der Waals surface area contributed by atoms with Gasteiger partial charge in [0.2, 0.25) is 11.7 Å². The van der Waals surface area contributed by atoms with Crippen LogP contribution in [-0.4, -0.2) is 26.0 Å². The summed E-state index contributed by atoms with van der Waals surface area (Å²) in [5, 5.41) is 3.84. The lowest BCUT2D eigenvalue weighted by atomic mass is 9.97. The maximum absolute atomic E-state index is 11.3. The lowest BCUT2D eigenvalue weighted by Gasteiger charge is -2.10. The van der Waals surface area contributed by atoms with Crippen molar-refractivity contribution in [1.82, 2.24) is 20.1 Å². The van der Waals surface area contributed by atoms with Gasteiger partial charge in [0.25, 0.3) is 5.91 Å². The molecule has 0 saturated heterocycles. The number of carbonyl (C=O) groups excluding carboxylic acids is 1. The van der Waals surface area contributed by atoms with Crippen molar-refractivity contribution in [3.05, 3.63) is 23.5 Å². The molecule has 0 spiro atoms. The summed E-state index contributed by atoms with van der Waals surface area (Å²) in [4.78, 5) is 23.7. The Morgan fingerprint density at radius 2 is 2.05 bits per heavy atom. The Bertz CT molecular complexity index is 644. The third kappa shape index (κ3) is 2.64. The maximum atomic E-state index is 11.3. The Balaban J connectivity index is 2.46. The first-order chi connectivity index (χ1) is 9.32. The first-order valence-corrected chi connectivity index (χ1v) is 6.03. The van der Waals surface area contributed by atoms with Crippen molar-refractivity contribution in [3.8, 4) is 11.5 Å². The number of hydrogen-bond donors (Lipinski definition) is 2.